The maximum Gasteiger partial charge on any atom is 0.266 e. The lowest BCUT2D eigenvalue weighted by molar-refractivity contribution is -0.134. The average Bonchev–Trinajstić information content (AvgIpc) is 2.95. The van der Waals surface area contributed by atoms with Gasteiger partial charge in [0.2, 0.25) is 10.0 Å². The topological polar surface area (TPSA) is 146 Å². The first kappa shape index (κ1) is 28.5. The third kappa shape index (κ3) is 5.73. The number of piperidine rings is 1. The minimum absolute atomic E-state index is 0.00581. The number of rotatable bonds is 9. The van der Waals surface area contributed by atoms with E-state index in [1.165, 1.54) is 4.31 Å². The van der Waals surface area contributed by atoms with Crippen molar-refractivity contribution in [3.63, 3.8) is 0 Å². The van der Waals surface area contributed by atoms with E-state index in [1.54, 1.807) is 11.5 Å². The summed E-state index contributed by atoms with van der Waals surface area (Å²) in [5.41, 5.74) is 5.79. The molecule has 2 heterocycles. The van der Waals surface area contributed by atoms with Gasteiger partial charge >= 0.3 is 0 Å². The van der Waals surface area contributed by atoms with Gasteiger partial charge in [-0.3, -0.25) is 10.0 Å². The predicted octanol–water partition coefficient (Wildman–Crippen LogP) is 1.96. The first-order chi connectivity index (χ1) is 18.2. The van der Waals surface area contributed by atoms with Gasteiger partial charge in [-0.1, -0.05) is 30.3 Å². The molecule has 0 unspecified atom stereocenters. The number of amides is 1. The number of hydrogen-bond acceptors (Lipinski definition) is 8. The summed E-state index contributed by atoms with van der Waals surface area (Å²) in [4.78, 5) is 12.5. The number of carbonyl (C=O) groups is 1. The number of nitrogens with one attached hydrogen (secondary N) is 1. The summed E-state index contributed by atoms with van der Waals surface area (Å²) in [6, 6.07) is 13.8. The molecular formula is C27H36N2O8S. The van der Waals surface area contributed by atoms with Crippen molar-refractivity contribution in [2.75, 3.05) is 39.5 Å². The van der Waals surface area contributed by atoms with E-state index < -0.39 is 26.8 Å². The van der Waals surface area contributed by atoms with E-state index in [9.17, 15) is 23.5 Å². The highest BCUT2D eigenvalue weighted by atomic mass is 32.2. The van der Waals surface area contributed by atoms with E-state index in [1.807, 2.05) is 25.1 Å². The highest BCUT2D eigenvalue weighted by molar-refractivity contribution is 7.91. The van der Waals surface area contributed by atoms with E-state index in [2.05, 4.69) is 18.2 Å². The molecule has 0 saturated carbocycles. The molecule has 2 fully saturated rings. The lowest BCUT2D eigenvalue weighted by Crippen LogP contribution is -2.60. The van der Waals surface area contributed by atoms with Crippen LogP contribution < -0.4 is 10.2 Å². The van der Waals surface area contributed by atoms with Crippen LogP contribution in [-0.4, -0.2) is 84.4 Å². The monoisotopic (exact) mass is 548 g/mol. The minimum Gasteiger partial charge on any atom is -0.491 e. The number of hydroxylamine groups is 1. The second-order valence-electron chi connectivity index (χ2n) is 9.98. The zero-order valence-corrected chi connectivity index (χ0v) is 22.3. The number of sulfonamides is 1. The van der Waals surface area contributed by atoms with E-state index >= 15 is 0 Å². The summed E-state index contributed by atoms with van der Waals surface area (Å²) in [7, 11) is -3.99. The van der Waals surface area contributed by atoms with E-state index in [0.717, 1.165) is 22.3 Å². The molecule has 0 aromatic heterocycles. The Hall–Kier alpha value is -2.54. The van der Waals surface area contributed by atoms with Crippen molar-refractivity contribution in [1.29, 1.82) is 0 Å². The van der Waals surface area contributed by atoms with Crippen molar-refractivity contribution >= 4 is 15.9 Å². The molecule has 11 heteroatoms. The maximum absolute atomic E-state index is 13.6. The quantitative estimate of drug-likeness (QED) is 0.275. The van der Waals surface area contributed by atoms with Gasteiger partial charge < -0.3 is 19.7 Å². The minimum atomic E-state index is -3.99. The highest BCUT2D eigenvalue weighted by Gasteiger charge is 2.54. The fraction of sp³-hybridized carbons (Fsp3) is 0.519. The van der Waals surface area contributed by atoms with Gasteiger partial charge in [0.15, 0.2) is 4.75 Å². The van der Waals surface area contributed by atoms with E-state index in [-0.39, 0.29) is 45.2 Å². The molecule has 10 nitrogen and oxygen atoms in total. The van der Waals surface area contributed by atoms with Gasteiger partial charge in [-0.05, 0) is 60.1 Å². The molecule has 2 aliphatic heterocycles. The Morgan fingerprint density at radius 2 is 1.89 bits per heavy atom. The molecule has 4 rings (SSSR count). The Bertz CT molecular complexity index is 1220. The van der Waals surface area contributed by atoms with Crippen LogP contribution in [0.2, 0.25) is 0 Å². The maximum atomic E-state index is 13.6. The Balaban J connectivity index is 1.45. The molecule has 0 radical (unpaired) electrons. The molecule has 1 amide bonds. The number of aliphatic hydroxyl groups excluding tert-OH is 2. The Kier molecular flexibility index (Phi) is 9.07. The Labute approximate surface area is 223 Å². The highest BCUT2D eigenvalue weighted by Crippen LogP contribution is 2.38. The second kappa shape index (κ2) is 12.1. The van der Waals surface area contributed by atoms with Gasteiger partial charge in [0.05, 0.1) is 6.61 Å². The molecule has 0 spiro atoms. The Morgan fingerprint density at radius 3 is 2.53 bits per heavy atom. The van der Waals surface area contributed by atoms with Gasteiger partial charge in [0.25, 0.3) is 5.91 Å². The summed E-state index contributed by atoms with van der Waals surface area (Å²) < 4.78 is 37.7. The third-order valence-electron chi connectivity index (χ3n) is 7.62. The normalized spacial score (nSPS) is 19.6. The molecule has 2 aromatic carbocycles. The molecule has 208 valence electrons. The zero-order valence-electron chi connectivity index (χ0n) is 21.5. The molecule has 38 heavy (non-hydrogen) atoms. The van der Waals surface area contributed by atoms with Crippen LogP contribution in [0.5, 0.6) is 5.75 Å². The van der Waals surface area contributed by atoms with Crippen LogP contribution in [0.15, 0.2) is 42.5 Å². The fourth-order valence-corrected chi connectivity index (χ4v) is 7.49. The van der Waals surface area contributed by atoms with Crippen LogP contribution in [0.1, 0.15) is 42.7 Å². The van der Waals surface area contributed by atoms with Crippen LogP contribution >= 0.6 is 0 Å². The smallest absolute Gasteiger partial charge is 0.266 e. The summed E-state index contributed by atoms with van der Waals surface area (Å²) in [5, 5.41) is 27.8. The van der Waals surface area contributed by atoms with Crippen LogP contribution in [0, 0.1) is 6.92 Å². The molecular weight excluding hydrogens is 512 g/mol. The molecule has 0 bridgehead atoms. The molecule has 2 saturated heterocycles. The molecule has 2 aromatic rings. The van der Waals surface area contributed by atoms with E-state index in [4.69, 9.17) is 14.6 Å². The third-order valence-corrected chi connectivity index (χ3v) is 10.2. The van der Waals surface area contributed by atoms with Gasteiger partial charge in [-0.25, -0.2) is 18.2 Å². The van der Waals surface area contributed by atoms with Crippen molar-refractivity contribution in [3.05, 3.63) is 53.6 Å². The van der Waals surface area contributed by atoms with Crippen molar-refractivity contribution in [3.8, 4) is 16.9 Å². The first-order valence-corrected chi connectivity index (χ1v) is 14.3. The van der Waals surface area contributed by atoms with E-state index in [0.29, 0.717) is 31.7 Å². The number of aryl methyl sites for hydroxylation is 1. The molecule has 2 aliphatic rings. The number of hydrogen-bond donors (Lipinski definition) is 4. The van der Waals surface area contributed by atoms with Gasteiger partial charge in [0, 0.05) is 39.1 Å². The number of carbonyl (C=O) groups excluding carboxylic acids is 1. The molecule has 0 aliphatic carbocycles. The largest absolute Gasteiger partial charge is 0.491 e. The summed E-state index contributed by atoms with van der Waals surface area (Å²) in [6.07, 6.45) is 0.340. The van der Waals surface area contributed by atoms with Gasteiger partial charge in [-0.2, -0.15) is 0 Å². The van der Waals surface area contributed by atoms with Gasteiger partial charge in [-0.15, -0.1) is 0 Å². The lowest BCUT2D eigenvalue weighted by Gasteiger charge is -2.40. The van der Waals surface area contributed by atoms with Crippen molar-refractivity contribution < 1.29 is 38.1 Å². The van der Waals surface area contributed by atoms with Crippen molar-refractivity contribution in [2.24, 2.45) is 0 Å². The SMILES string of the molecule is Cc1cc(C2CCN(S(=O)(=O)C3(C(=O)NO)CCOCC3)CC2)ccc1-c1cccc(OC[C@@H](O)CO)c1. The summed E-state index contributed by atoms with van der Waals surface area (Å²) in [5.74, 6) is -0.112. The second-order valence-corrected chi connectivity index (χ2v) is 12.2. The first-order valence-electron chi connectivity index (χ1n) is 12.9. The average molecular weight is 549 g/mol. The summed E-state index contributed by atoms with van der Waals surface area (Å²) >= 11 is 0. The predicted molar refractivity (Wildman–Crippen MR) is 140 cm³/mol. The van der Waals surface area contributed by atoms with Crippen LogP contribution in [0.25, 0.3) is 11.1 Å². The Morgan fingerprint density at radius 1 is 1.18 bits per heavy atom. The zero-order chi connectivity index (χ0) is 27.3. The summed E-state index contributed by atoms with van der Waals surface area (Å²) in [6.45, 7) is 2.57. The molecule has 4 N–H and O–H groups in total. The number of benzene rings is 2. The standard InChI is InChI=1S/C27H36N2O8S/c1-19-15-21(5-6-25(19)22-3-2-4-24(16-22)37-18-23(31)17-30)20-7-11-29(12-8-20)38(34,35)27(26(32)28-33)9-13-36-14-10-27/h2-6,15-16,20,23,30-31,33H,7-14,17-18H2,1H3,(H,28,32)/t23-/m0/s1. The van der Waals surface area contributed by atoms with Gasteiger partial charge in [0.1, 0.15) is 18.5 Å². The number of ether oxygens (including phenoxy) is 2. The van der Waals surface area contributed by atoms with Crippen LogP contribution in [-0.2, 0) is 19.6 Å². The van der Waals surface area contributed by atoms with Crippen LogP contribution in [0.4, 0.5) is 0 Å². The lowest BCUT2D eigenvalue weighted by atomic mass is 9.87. The van der Waals surface area contributed by atoms with Crippen LogP contribution in [0.3, 0.4) is 0 Å². The van der Waals surface area contributed by atoms with Crippen molar-refractivity contribution in [1.82, 2.24) is 9.79 Å². The fourth-order valence-electron chi connectivity index (χ4n) is 5.35. The molecule has 1 atom stereocenters. The number of nitrogens with zero attached hydrogens (tertiary/aromatic N) is 1. The number of aliphatic hydroxyl groups is 2. The van der Waals surface area contributed by atoms with Crippen molar-refractivity contribution in [2.45, 2.75) is 49.4 Å².